The molecular weight excluding hydrogens is 436 g/mol. The standard InChI is InChI=1S/C18H17ClN4O4S2/c19-14-3-1-2-4-15(14)29(26,27)23-8-6-21(7-9-23)16(24)11-22-12-20-17-13(18(22)25)5-10-28-17/h1-5,10,12H,6-9,11H2. The molecule has 11 heteroatoms. The fourth-order valence-corrected chi connectivity index (χ4v) is 5.86. The van der Waals surface area contributed by atoms with Crippen LogP contribution in [0.3, 0.4) is 0 Å². The Kier molecular flexibility index (Phi) is 5.43. The van der Waals surface area contributed by atoms with E-state index in [-0.39, 0.29) is 54.1 Å². The molecule has 0 radical (unpaired) electrons. The lowest BCUT2D eigenvalue weighted by Gasteiger charge is -2.34. The lowest BCUT2D eigenvalue weighted by molar-refractivity contribution is -0.133. The van der Waals surface area contributed by atoms with Gasteiger partial charge in [0.15, 0.2) is 0 Å². The van der Waals surface area contributed by atoms with E-state index < -0.39 is 10.0 Å². The minimum Gasteiger partial charge on any atom is -0.338 e. The van der Waals surface area contributed by atoms with Crippen molar-refractivity contribution in [3.05, 3.63) is 57.4 Å². The van der Waals surface area contributed by atoms with Crippen LogP contribution in [-0.4, -0.2) is 59.3 Å². The van der Waals surface area contributed by atoms with Gasteiger partial charge < -0.3 is 4.90 Å². The summed E-state index contributed by atoms with van der Waals surface area (Å²) in [6.07, 6.45) is 1.37. The lowest BCUT2D eigenvalue weighted by Crippen LogP contribution is -2.51. The zero-order valence-corrected chi connectivity index (χ0v) is 17.6. The van der Waals surface area contributed by atoms with Crippen LogP contribution in [0.4, 0.5) is 0 Å². The average Bonchev–Trinajstić information content (AvgIpc) is 3.20. The van der Waals surface area contributed by atoms with Crippen molar-refractivity contribution in [2.24, 2.45) is 0 Å². The number of piperazine rings is 1. The normalized spacial score (nSPS) is 15.7. The predicted molar refractivity (Wildman–Crippen MR) is 111 cm³/mol. The van der Waals surface area contributed by atoms with Crippen molar-refractivity contribution >= 4 is 49.1 Å². The molecule has 1 amide bonds. The van der Waals surface area contributed by atoms with Crippen molar-refractivity contribution in [2.75, 3.05) is 26.2 Å². The molecule has 29 heavy (non-hydrogen) atoms. The number of thiophene rings is 1. The zero-order chi connectivity index (χ0) is 20.6. The second-order valence-electron chi connectivity index (χ2n) is 6.53. The maximum absolute atomic E-state index is 12.8. The molecule has 0 spiro atoms. The summed E-state index contributed by atoms with van der Waals surface area (Å²) in [6, 6.07) is 7.98. The highest BCUT2D eigenvalue weighted by Crippen LogP contribution is 2.25. The molecule has 2 aromatic heterocycles. The van der Waals surface area contributed by atoms with Gasteiger partial charge in [-0.05, 0) is 23.6 Å². The number of sulfonamides is 1. The van der Waals surface area contributed by atoms with Crippen LogP contribution in [0.2, 0.25) is 5.02 Å². The van der Waals surface area contributed by atoms with E-state index >= 15 is 0 Å². The van der Waals surface area contributed by atoms with E-state index in [2.05, 4.69) is 4.98 Å². The van der Waals surface area contributed by atoms with E-state index in [0.717, 1.165) is 0 Å². The van der Waals surface area contributed by atoms with Crippen LogP contribution in [0, 0.1) is 0 Å². The fourth-order valence-electron chi connectivity index (χ4n) is 3.22. The number of hydrogen-bond donors (Lipinski definition) is 0. The summed E-state index contributed by atoms with van der Waals surface area (Å²) >= 11 is 7.40. The van der Waals surface area contributed by atoms with Crippen molar-refractivity contribution in [3.63, 3.8) is 0 Å². The van der Waals surface area contributed by atoms with Gasteiger partial charge >= 0.3 is 0 Å². The third-order valence-corrected chi connectivity index (χ3v) is 8.02. The largest absolute Gasteiger partial charge is 0.338 e. The van der Waals surface area contributed by atoms with Crippen LogP contribution in [0.15, 0.2) is 51.7 Å². The van der Waals surface area contributed by atoms with E-state index in [1.807, 2.05) is 0 Å². The van der Waals surface area contributed by atoms with Gasteiger partial charge in [-0.3, -0.25) is 14.2 Å². The Bertz CT molecular complexity index is 1230. The van der Waals surface area contributed by atoms with E-state index in [1.54, 1.807) is 28.5 Å². The Morgan fingerprint density at radius 2 is 1.86 bits per heavy atom. The fraction of sp³-hybridized carbons (Fsp3) is 0.278. The van der Waals surface area contributed by atoms with Crippen LogP contribution in [0.25, 0.3) is 10.2 Å². The number of halogens is 1. The molecule has 1 aliphatic heterocycles. The number of fused-ring (bicyclic) bond motifs is 1. The number of aromatic nitrogens is 2. The second kappa shape index (κ2) is 7.86. The first-order valence-electron chi connectivity index (χ1n) is 8.83. The Labute approximate surface area is 176 Å². The smallest absolute Gasteiger partial charge is 0.262 e. The van der Waals surface area contributed by atoms with Crippen molar-refractivity contribution in [3.8, 4) is 0 Å². The van der Waals surface area contributed by atoms with Crippen molar-refractivity contribution in [1.29, 1.82) is 0 Å². The molecule has 8 nitrogen and oxygen atoms in total. The van der Waals surface area contributed by atoms with Gasteiger partial charge in [0, 0.05) is 26.2 Å². The van der Waals surface area contributed by atoms with Gasteiger partial charge in [0.1, 0.15) is 16.3 Å². The summed E-state index contributed by atoms with van der Waals surface area (Å²) in [4.78, 5) is 31.5. The highest BCUT2D eigenvalue weighted by Gasteiger charge is 2.31. The van der Waals surface area contributed by atoms with Gasteiger partial charge in [0.2, 0.25) is 15.9 Å². The summed E-state index contributed by atoms with van der Waals surface area (Å²) in [7, 11) is -3.73. The third-order valence-electron chi connectivity index (χ3n) is 4.80. The number of carbonyl (C=O) groups is 1. The molecule has 152 valence electrons. The predicted octanol–water partition coefficient (Wildman–Crippen LogP) is 1.64. The molecule has 0 aliphatic carbocycles. The maximum Gasteiger partial charge on any atom is 0.262 e. The molecular formula is C18H17ClN4O4S2. The number of rotatable bonds is 4. The van der Waals surface area contributed by atoms with E-state index in [9.17, 15) is 18.0 Å². The van der Waals surface area contributed by atoms with Crippen LogP contribution in [0.1, 0.15) is 0 Å². The maximum atomic E-state index is 12.8. The van der Waals surface area contributed by atoms with Crippen LogP contribution in [-0.2, 0) is 21.4 Å². The monoisotopic (exact) mass is 452 g/mol. The van der Waals surface area contributed by atoms with Crippen LogP contribution in [0.5, 0.6) is 0 Å². The van der Waals surface area contributed by atoms with Gasteiger partial charge in [0.05, 0.1) is 16.7 Å². The van der Waals surface area contributed by atoms with Crippen molar-refractivity contribution < 1.29 is 13.2 Å². The summed E-state index contributed by atoms with van der Waals surface area (Å²) in [5.74, 6) is -0.252. The van der Waals surface area contributed by atoms with E-state index in [1.165, 1.54) is 38.7 Å². The molecule has 0 N–H and O–H groups in total. The number of nitrogens with zero attached hydrogens (tertiary/aromatic N) is 4. The molecule has 1 aromatic carbocycles. The average molecular weight is 453 g/mol. The molecule has 0 saturated carbocycles. The molecule has 3 aromatic rings. The van der Waals surface area contributed by atoms with Gasteiger partial charge in [-0.15, -0.1) is 11.3 Å². The first-order valence-corrected chi connectivity index (χ1v) is 11.5. The Morgan fingerprint density at radius 1 is 1.14 bits per heavy atom. The number of hydrogen-bond acceptors (Lipinski definition) is 6. The molecule has 3 heterocycles. The van der Waals surface area contributed by atoms with Gasteiger partial charge in [-0.2, -0.15) is 4.31 Å². The molecule has 0 bridgehead atoms. The van der Waals surface area contributed by atoms with Crippen LogP contribution >= 0.6 is 22.9 Å². The number of amides is 1. The summed E-state index contributed by atoms with van der Waals surface area (Å²) in [5, 5.41) is 2.44. The van der Waals surface area contributed by atoms with Crippen LogP contribution < -0.4 is 5.56 Å². The van der Waals surface area contributed by atoms with Gasteiger partial charge in [-0.1, -0.05) is 23.7 Å². The zero-order valence-electron chi connectivity index (χ0n) is 15.2. The number of carbonyl (C=O) groups excluding carboxylic acids is 1. The van der Waals surface area contributed by atoms with Gasteiger partial charge in [0.25, 0.3) is 5.56 Å². The third kappa shape index (κ3) is 3.80. The summed E-state index contributed by atoms with van der Waals surface area (Å²) < 4.78 is 28.2. The SMILES string of the molecule is O=C(Cn1cnc2sccc2c1=O)N1CCN(S(=O)(=O)c2ccccc2Cl)CC1. The summed E-state index contributed by atoms with van der Waals surface area (Å²) in [6.45, 7) is 0.678. The molecule has 0 unspecified atom stereocenters. The minimum atomic E-state index is -3.73. The van der Waals surface area contributed by atoms with Gasteiger partial charge in [-0.25, -0.2) is 13.4 Å². The molecule has 0 atom stereocenters. The minimum absolute atomic E-state index is 0.0585. The van der Waals surface area contributed by atoms with Crippen molar-refractivity contribution in [2.45, 2.75) is 11.4 Å². The first-order chi connectivity index (χ1) is 13.9. The molecule has 4 rings (SSSR count). The highest BCUT2D eigenvalue weighted by molar-refractivity contribution is 7.89. The van der Waals surface area contributed by atoms with E-state index in [4.69, 9.17) is 11.6 Å². The second-order valence-corrected chi connectivity index (χ2v) is 9.74. The van der Waals surface area contributed by atoms with Crippen molar-refractivity contribution in [1.82, 2.24) is 18.8 Å². The van der Waals surface area contributed by atoms with E-state index in [0.29, 0.717) is 10.2 Å². The Morgan fingerprint density at radius 3 is 2.59 bits per heavy atom. The lowest BCUT2D eigenvalue weighted by atomic mass is 10.3. The molecule has 1 aliphatic rings. The Hall–Kier alpha value is -2.27. The Balaban J connectivity index is 1.44. The molecule has 1 fully saturated rings. The molecule has 1 saturated heterocycles. The first kappa shape index (κ1) is 20.0. The highest BCUT2D eigenvalue weighted by atomic mass is 35.5. The summed E-state index contributed by atoms with van der Waals surface area (Å²) in [5.41, 5.74) is -0.260. The topological polar surface area (TPSA) is 92.6 Å². The quantitative estimate of drug-likeness (QED) is 0.600. The number of benzene rings is 1.